The Bertz CT molecular complexity index is 1450. The lowest BCUT2D eigenvalue weighted by molar-refractivity contribution is -0.138. The minimum Gasteiger partial charge on any atom is -0.368 e. The summed E-state index contributed by atoms with van der Waals surface area (Å²) in [7, 11) is 1.97. The Balaban J connectivity index is 1.86. The minimum absolute atomic E-state index is 0.0204. The number of hydrogen-bond donors (Lipinski definition) is 1. The molecule has 2 atom stereocenters. The summed E-state index contributed by atoms with van der Waals surface area (Å²) >= 11 is 0. The molecule has 3 aromatic rings. The van der Waals surface area contributed by atoms with E-state index < -0.39 is 57.1 Å². The first kappa shape index (κ1) is 28.9. The van der Waals surface area contributed by atoms with Crippen molar-refractivity contribution in [1.29, 1.82) is 0 Å². The third kappa shape index (κ3) is 5.62. The molecular formula is C28H26F6N4O2. The molecule has 1 fully saturated rings. The molecule has 212 valence electrons. The van der Waals surface area contributed by atoms with Crippen molar-refractivity contribution in [3.63, 3.8) is 0 Å². The average molecular weight is 565 g/mol. The third-order valence-corrected chi connectivity index (χ3v) is 7.16. The van der Waals surface area contributed by atoms with Gasteiger partial charge in [-0.15, -0.1) is 5.12 Å². The van der Waals surface area contributed by atoms with E-state index in [-0.39, 0.29) is 29.3 Å². The minimum atomic E-state index is -5.14. The van der Waals surface area contributed by atoms with E-state index in [2.05, 4.69) is 4.90 Å². The van der Waals surface area contributed by atoms with Gasteiger partial charge in [-0.1, -0.05) is 16.6 Å². The number of carbonyl (C=O) groups excluding carboxylic acids is 2. The number of primary amides is 1. The first-order chi connectivity index (χ1) is 18.7. The second kappa shape index (κ2) is 10.8. The second-order valence-corrected chi connectivity index (χ2v) is 9.80. The molecule has 4 rings (SSSR count). The molecule has 3 aromatic carbocycles. The number of hydrogen-bond acceptors (Lipinski definition) is 4. The lowest BCUT2D eigenvalue weighted by atomic mass is 9.98. The van der Waals surface area contributed by atoms with Crippen molar-refractivity contribution < 1.29 is 36.0 Å². The number of likely N-dealkylation sites (N-methyl/N-ethyl adjacent to an activating group) is 1. The van der Waals surface area contributed by atoms with Crippen molar-refractivity contribution in [2.24, 2.45) is 5.73 Å². The molecule has 1 aliphatic rings. The number of carbonyl (C=O) groups is 2. The highest BCUT2D eigenvalue weighted by molar-refractivity contribution is 6.08. The number of benzene rings is 3. The number of rotatable bonds is 5. The molecule has 6 nitrogen and oxygen atoms in total. The Morgan fingerprint density at radius 1 is 0.925 bits per heavy atom. The van der Waals surface area contributed by atoms with Crippen molar-refractivity contribution in [3.05, 3.63) is 82.9 Å². The van der Waals surface area contributed by atoms with Crippen molar-refractivity contribution in [3.8, 4) is 11.1 Å². The van der Waals surface area contributed by atoms with Crippen LogP contribution in [0.5, 0.6) is 0 Å². The van der Waals surface area contributed by atoms with Gasteiger partial charge in [0.1, 0.15) is 11.6 Å². The standard InChI is InChI=1S/C28H26F6N4O2/c1-15-13-37(14-16(2)36(15)3)19-6-8-20(17-4-9-24(30)22(10-17)26(35)39)25(12-19)38(34)27(40)21-7-5-18(29)11-23(21)28(31,32)33/h4-12,15-16H,13-14H2,1-3H3,(H2,35,39)/t15-,16+. The number of nitrogens with zero attached hydrogens (tertiary/aromatic N) is 3. The van der Waals surface area contributed by atoms with Crippen LogP contribution in [0.3, 0.4) is 0 Å². The van der Waals surface area contributed by atoms with E-state index in [1.165, 1.54) is 18.2 Å². The summed E-state index contributed by atoms with van der Waals surface area (Å²) in [5.74, 6) is -4.96. The van der Waals surface area contributed by atoms with Crippen LogP contribution < -0.4 is 15.8 Å². The van der Waals surface area contributed by atoms with Gasteiger partial charge in [-0.25, -0.2) is 8.78 Å². The zero-order valence-corrected chi connectivity index (χ0v) is 21.8. The van der Waals surface area contributed by atoms with Crippen LogP contribution in [0.1, 0.15) is 40.1 Å². The number of piperazine rings is 1. The van der Waals surface area contributed by atoms with Crippen LogP contribution in [0.15, 0.2) is 54.6 Å². The fraction of sp³-hybridized carbons (Fsp3) is 0.286. The predicted molar refractivity (Wildman–Crippen MR) is 139 cm³/mol. The molecule has 0 aliphatic carbocycles. The second-order valence-electron chi connectivity index (χ2n) is 9.80. The van der Waals surface area contributed by atoms with Gasteiger partial charge in [-0.05, 0) is 68.9 Å². The van der Waals surface area contributed by atoms with E-state index in [0.29, 0.717) is 30.9 Å². The Kier molecular flexibility index (Phi) is 7.84. The molecule has 0 unspecified atom stereocenters. The molecule has 1 saturated heterocycles. The van der Waals surface area contributed by atoms with Crippen LogP contribution in [0.25, 0.3) is 11.1 Å². The maximum absolute atomic E-state index is 16.0. The number of alkyl halides is 3. The summed E-state index contributed by atoms with van der Waals surface area (Å²) in [5.41, 5.74) is 2.09. The summed E-state index contributed by atoms with van der Waals surface area (Å²) in [5, 5.41) is -0.461. The van der Waals surface area contributed by atoms with Crippen LogP contribution in [-0.2, 0) is 6.18 Å². The molecular weight excluding hydrogens is 538 g/mol. The van der Waals surface area contributed by atoms with E-state index in [0.717, 1.165) is 12.1 Å². The SMILES string of the molecule is C[C@@H]1CN(c2ccc(-c3ccc(F)c(C(N)=O)c3)c(N(F)C(=O)c3ccc(F)cc3C(F)(F)F)c2)C[C@H](C)N1C. The first-order valence-electron chi connectivity index (χ1n) is 12.3. The van der Waals surface area contributed by atoms with Crippen molar-refractivity contribution in [1.82, 2.24) is 4.90 Å². The van der Waals surface area contributed by atoms with Gasteiger partial charge in [0.2, 0.25) is 0 Å². The first-order valence-corrected chi connectivity index (χ1v) is 12.3. The number of nitrogens with two attached hydrogens (primary N) is 1. The van der Waals surface area contributed by atoms with Crippen LogP contribution in [-0.4, -0.2) is 48.9 Å². The zero-order chi connectivity index (χ0) is 29.5. The topological polar surface area (TPSA) is 69.9 Å². The Labute approximate surface area is 226 Å². The predicted octanol–water partition coefficient (Wildman–Crippen LogP) is 5.81. The van der Waals surface area contributed by atoms with Crippen molar-refractivity contribution in [2.45, 2.75) is 32.1 Å². The van der Waals surface area contributed by atoms with E-state index in [1.54, 1.807) is 6.07 Å². The van der Waals surface area contributed by atoms with Gasteiger partial charge in [0.25, 0.3) is 11.8 Å². The largest absolute Gasteiger partial charge is 0.417 e. The van der Waals surface area contributed by atoms with Gasteiger partial charge in [-0.3, -0.25) is 14.5 Å². The summed E-state index contributed by atoms with van der Waals surface area (Å²) in [6.45, 7) is 5.08. The highest BCUT2D eigenvalue weighted by atomic mass is 19.4. The van der Waals surface area contributed by atoms with E-state index in [4.69, 9.17) is 5.73 Å². The molecule has 1 heterocycles. The molecule has 0 bridgehead atoms. The highest BCUT2D eigenvalue weighted by Gasteiger charge is 2.38. The third-order valence-electron chi connectivity index (χ3n) is 7.16. The normalized spacial score (nSPS) is 18.1. The van der Waals surface area contributed by atoms with Gasteiger partial charge in [0, 0.05) is 36.4 Å². The molecule has 2 N–H and O–H groups in total. The van der Waals surface area contributed by atoms with Crippen LogP contribution in [0.2, 0.25) is 0 Å². The van der Waals surface area contributed by atoms with Gasteiger partial charge in [0.05, 0.1) is 22.4 Å². The van der Waals surface area contributed by atoms with E-state index in [9.17, 15) is 31.5 Å². The maximum atomic E-state index is 16.0. The Hall–Kier alpha value is -4.06. The molecule has 0 spiro atoms. The maximum Gasteiger partial charge on any atom is 0.417 e. The molecule has 0 saturated carbocycles. The number of amides is 2. The van der Waals surface area contributed by atoms with Gasteiger partial charge >= 0.3 is 6.18 Å². The van der Waals surface area contributed by atoms with Crippen LogP contribution in [0.4, 0.5) is 37.8 Å². The van der Waals surface area contributed by atoms with Gasteiger partial charge < -0.3 is 10.6 Å². The monoisotopic (exact) mass is 564 g/mol. The summed E-state index contributed by atoms with van der Waals surface area (Å²) < 4.78 is 84.6. The lowest BCUT2D eigenvalue weighted by Crippen LogP contribution is -2.55. The number of halogens is 6. The molecule has 0 radical (unpaired) electrons. The van der Waals surface area contributed by atoms with Crippen molar-refractivity contribution in [2.75, 3.05) is 30.2 Å². The zero-order valence-electron chi connectivity index (χ0n) is 21.8. The Morgan fingerprint density at radius 2 is 1.57 bits per heavy atom. The molecule has 12 heteroatoms. The molecule has 40 heavy (non-hydrogen) atoms. The quantitative estimate of drug-likeness (QED) is 0.314. The van der Waals surface area contributed by atoms with Crippen molar-refractivity contribution >= 4 is 23.2 Å². The summed E-state index contributed by atoms with van der Waals surface area (Å²) in [6, 6.07) is 9.08. The smallest absolute Gasteiger partial charge is 0.368 e. The fourth-order valence-electron chi connectivity index (χ4n) is 4.77. The summed E-state index contributed by atoms with van der Waals surface area (Å²) in [6.07, 6.45) is -5.14. The molecule has 1 aliphatic heterocycles. The number of anilines is 2. The lowest BCUT2D eigenvalue weighted by Gasteiger charge is -2.43. The molecule has 0 aromatic heterocycles. The molecule has 2 amide bonds. The average Bonchev–Trinajstić information content (AvgIpc) is 2.90. The van der Waals surface area contributed by atoms with Gasteiger partial charge in [-0.2, -0.15) is 13.2 Å². The summed E-state index contributed by atoms with van der Waals surface area (Å²) in [4.78, 5) is 29.0. The fourth-order valence-corrected chi connectivity index (χ4v) is 4.77. The highest BCUT2D eigenvalue weighted by Crippen LogP contribution is 2.39. The Morgan fingerprint density at radius 3 is 2.17 bits per heavy atom. The van der Waals surface area contributed by atoms with Gasteiger partial charge in [0.15, 0.2) is 0 Å². The van der Waals surface area contributed by atoms with Crippen LogP contribution >= 0.6 is 0 Å². The van der Waals surface area contributed by atoms with E-state index >= 15 is 4.48 Å². The van der Waals surface area contributed by atoms with Crippen LogP contribution in [0, 0.1) is 11.6 Å². The van der Waals surface area contributed by atoms with E-state index in [1.807, 2.05) is 25.8 Å².